The molecule has 1 aromatic rings. The molecule has 0 fully saturated rings. The fourth-order valence-electron chi connectivity index (χ4n) is 0.710. The molecular weight excluding hydrogens is 136 g/mol. The van der Waals surface area contributed by atoms with E-state index in [2.05, 4.69) is 5.10 Å². The minimum Gasteiger partial charge on any atom is -0.276 e. The van der Waals surface area contributed by atoms with Crippen LogP contribution >= 0.6 is 11.6 Å². The van der Waals surface area contributed by atoms with Crippen LogP contribution in [0, 0.1) is 0 Å². The van der Waals surface area contributed by atoms with Crippen LogP contribution in [-0.2, 0) is 13.5 Å². The maximum Gasteiger partial charge on any atom is 0.0522 e. The third kappa shape index (κ3) is 1.72. The molecule has 1 heterocycles. The van der Waals surface area contributed by atoms with E-state index in [1.54, 1.807) is 4.68 Å². The molecule has 1 aromatic heterocycles. The molecule has 50 valence electrons. The largest absolute Gasteiger partial charge is 0.276 e. The molecule has 0 aliphatic rings. The van der Waals surface area contributed by atoms with Gasteiger partial charge in [0.05, 0.1) is 6.20 Å². The van der Waals surface area contributed by atoms with Crippen molar-refractivity contribution in [1.82, 2.24) is 9.78 Å². The molecule has 0 amide bonds. The summed E-state index contributed by atoms with van der Waals surface area (Å²) in [7, 11) is 1.90. The average molecular weight is 145 g/mol. The minimum atomic E-state index is 0.672. The summed E-state index contributed by atoms with van der Waals surface area (Å²) < 4.78 is 1.78. The summed E-state index contributed by atoms with van der Waals surface area (Å²) >= 11 is 5.51. The van der Waals surface area contributed by atoms with Crippen LogP contribution in [0.5, 0.6) is 0 Å². The zero-order valence-corrected chi connectivity index (χ0v) is 6.10. The molecule has 0 radical (unpaired) electrons. The molecule has 0 N–H and O–H groups in total. The molecule has 0 aromatic carbocycles. The van der Waals surface area contributed by atoms with Crippen molar-refractivity contribution in [2.75, 3.05) is 5.88 Å². The smallest absolute Gasteiger partial charge is 0.0522 e. The van der Waals surface area contributed by atoms with E-state index >= 15 is 0 Å². The maximum absolute atomic E-state index is 5.51. The Hall–Kier alpha value is -0.500. The van der Waals surface area contributed by atoms with Crippen molar-refractivity contribution in [2.45, 2.75) is 6.42 Å². The van der Waals surface area contributed by atoms with Crippen molar-refractivity contribution in [3.63, 3.8) is 0 Å². The number of aromatic nitrogens is 2. The second-order valence-electron chi connectivity index (χ2n) is 1.96. The molecule has 0 unspecified atom stereocenters. The SMILES string of the molecule is Cn1cc(CCCl)cn1. The number of alkyl halides is 1. The zero-order chi connectivity index (χ0) is 6.69. The predicted octanol–water partition coefficient (Wildman–Crippen LogP) is 1.20. The second kappa shape index (κ2) is 2.87. The van der Waals surface area contributed by atoms with E-state index in [0.717, 1.165) is 6.42 Å². The van der Waals surface area contributed by atoms with E-state index in [9.17, 15) is 0 Å². The highest BCUT2D eigenvalue weighted by molar-refractivity contribution is 6.17. The number of halogens is 1. The summed E-state index contributed by atoms with van der Waals surface area (Å²) in [5.41, 5.74) is 1.20. The summed E-state index contributed by atoms with van der Waals surface area (Å²) in [5.74, 6) is 0.672. The Morgan fingerprint density at radius 2 is 2.56 bits per heavy atom. The van der Waals surface area contributed by atoms with Gasteiger partial charge in [-0.3, -0.25) is 4.68 Å². The lowest BCUT2D eigenvalue weighted by Gasteiger charge is -1.85. The van der Waals surface area contributed by atoms with Crippen molar-refractivity contribution in [3.8, 4) is 0 Å². The Morgan fingerprint density at radius 3 is 3.00 bits per heavy atom. The summed E-state index contributed by atoms with van der Waals surface area (Å²) in [6.07, 6.45) is 4.72. The molecular formula is C6H9ClN2. The van der Waals surface area contributed by atoms with Crippen LogP contribution < -0.4 is 0 Å². The van der Waals surface area contributed by atoms with Gasteiger partial charge in [0.1, 0.15) is 0 Å². The molecule has 1 rings (SSSR count). The lowest BCUT2D eigenvalue weighted by Crippen LogP contribution is -1.85. The van der Waals surface area contributed by atoms with Crippen molar-refractivity contribution >= 4 is 11.6 Å². The second-order valence-corrected chi connectivity index (χ2v) is 2.34. The van der Waals surface area contributed by atoms with E-state index in [1.807, 2.05) is 19.4 Å². The van der Waals surface area contributed by atoms with E-state index in [-0.39, 0.29) is 0 Å². The van der Waals surface area contributed by atoms with Gasteiger partial charge in [-0.1, -0.05) is 0 Å². The van der Waals surface area contributed by atoms with E-state index in [4.69, 9.17) is 11.6 Å². The normalized spacial score (nSPS) is 10.0. The first-order chi connectivity index (χ1) is 4.33. The zero-order valence-electron chi connectivity index (χ0n) is 5.34. The quantitative estimate of drug-likeness (QED) is 0.571. The molecule has 0 saturated carbocycles. The standard InChI is InChI=1S/C6H9ClN2/c1-9-5-6(2-3-7)4-8-9/h4-5H,2-3H2,1H3. The fourth-order valence-corrected chi connectivity index (χ4v) is 0.928. The van der Waals surface area contributed by atoms with Gasteiger partial charge in [0.15, 0.2) is 0 Å². The third-order valence-electron chi connectivity index (χ3n) is 1.14. The lowest BCUT2D eigenvalue weighted by molar-refractivity contribution is 0.767. The molecule has 9 heavy (non-hydrogen) atoms. The van der Waals surface area contributed by atoms with Gasteiger partial charge in [0.2, 0.25) is 0 Å². The van der Waals surface area contributed by atoms with Gasteiger partial charge < -0.3 is 0 Å². The average Bonchev–Trinajstić information content (AvgIpc) is 2.17. The van der Waals surface area contributed by atoms with Gasteiger partial charge in [-0.15, -0.1) is 11.6 Å². The summed E-state index contributed by atoms with van der Waals surface area (Å²) in [5, 5.41) is 3.99. The first-order valence-electron chi connectivity index (χ1n) is 2.86. The molecule has 0 spiro atoms. The Bertz CT molecular complexity index is 183. The van der Waals surface area contributed by atoms with Crippen LogP contribution in [0.15, 0.2) is 12.4 Å². The third-order valence-corrected chi connectivity index (χ3v) is 1.33. The van der Waals surface area contributed by atoms with E-state index in [0.29, 0.717) is 5.88 Å². The molecule has 0 atom stereocenters. The molecule has 3 heteroatoms. The number of rotatable bonds is 2. The number of aryl methyl sites for hydroxylation is 2. The van der Waals surface area contributed by atoms with Gasteiger partial charge >= 0.3 is 0 Å². The molecule has 2 nitrogen and oxygen atoms in total. The Morgan fingerprint density at radius 1 is 1.78 bits per heavy atom. The van der Waals surface area contributed by atoms with Gasteiger partial charge in [0, 0.05) is 19.1 Å². The number of hydrogen-bond donors (Lipinski definition) is 0. The van der Waals surface area contributed by atoms with Gasteiger partial charge in [-0.2, -0.15) is 5.10 Å². The monoisotopic (exact) mass is 144 g/mol. The van der Waals surface area contributed by atoms with Gasteiger partial charge in [-0.25, -0.2) is 0 Å². The van der Waals surface area contributed by atoms with Gasteiger partial charge in [0.25, 0.3) is 0 Å². The maximum atomic E-state index is 5.51. The Labute approximate surface area is 59.4 Å². The van der Waals surface area contributed by atoms with Crippen LogP contribution in [0.1, 0.15) is 5.56 Å². The summed E-state index contributed by atoms with van der Waals surface area (Å²) in [6, 6.07) is 0. The molecule has 0 saturated heterocycles. The highest BCUT2D eigenvalue weighted by Crippen LogP contribution is 1.97. The molecule has 0 aliphatic heterocycles. The first-order valence-corrected chi connectivity index (χ1v) is 3.40. The van der Waals surface area contributed by atoms with Crippen LogP contribution in [0.2, 0.25) is 0 Å². The first kappa shape index (κ1) is 6.62. The number of hydrogen-bond acceptors (Lipinski definition) is 1. The molecule has 0 aliphatic carbocycles. The van der Waals surface area contributed by atoms with Crippen molar-refractivity contribution in [1.29, 1.82) is 0 Å². The summed E-state index contributed by atoms with van der Waals surface area (Å²) in [6.45, 7) is 0. The Kier molecular flexibility index (Phi) is 2.11. The van der Waals surface area contributed by atoms with Crippen LogP contribution in [0.4, 0.5) is 0 Å². The van der Waals surface area contributed by atoms with Crippen molar-refractivity contribution in [3.05, 3.63) is 18.0 Å². The molecule has 0 bridgehead atoms. The number of nitrogens with zero attached hydrogens (tertiary/aromatic N) is 2. The fraction of sp³-hybridized carbons (Fsp3) is 0.500. The van der Waals surface area contributed by atoms with E-state index in [1.165, 1.54) is 5.56 Å². The van der Waals surface area contributed by atoms with Gasteiger partial charge in [-0.05, 0) is 12.0 Å². The minimum absolute atomic E-state index is 0.672. The highest BCUT2D eigenvalue weighted by atomic mass is 35.5. The predicted molar refractivity (Wildman–Crippen MR) is 37.6 cm³/mol. The van der Waals surface area contributed by atoms with Crippen molar-refractivity contribution < 1.29 is 0 Å². The highest BCUT2D eigenvalue weighted by Gasteiger charge is 1.91. The topological polar surface area (TPSA) is 17.8 Å². The van der Waals surface area contributed by atoms with Crippen LogP contribution in [0.25, 0.3) is 0 Å². The van der Waals surface area contributed by atoms with E-state index < -0.39 is 0 Å². The van der Waals surface area contributed by atoms with Crippen molar-refractivity contribution in [2.24, 2.45) is 7.05 Å². The Balaban J connectivity index is 2.61. The van der Waals surface area contributed by atoms with Crippen LogP contribution in [0.3, 0.4) is 0 Å². The lowest BCUT2D eigenvalue weighted by atomic mass is 10.3. The van der Waals surface area contributed by atoms with Crippen LogP contribution in [-0.4, -0.2) is 15.7 Å². The summed E-state index contributed by atoms with van der Waals surface area (Å²) in [4.78, 5) is 0.